The number of hydrogen-bond acceptors (Lipinski definition) is 3. The third kappa shape index (κ3) is 4.31. The van der Waals surface area contributed by atoms with Gasteiger partial charge in [0.05, 0.1) is 16.6 Å². The molecule has 9 rings (SSSR count). The van der Waals surface area contributed by atoms with E-state index in [0.29, 0.717) is 0 Å². The average Bonchev–Trinajstić information content (AvgIpc) is 3.79. The Labute approximate surface area is 278 Å². The second-order valence-corrected chi connectivity index (χ2v) is 14.2. The number of nitrogens with one attached hydrogen (secondary N) is 1. The van der Waals surface area contributed by atoms with Crippen LogP contribution in [0.5, 0.6) is 0 Å². The Bertz CT molecular complexity index is 2700. The lowest BCUT2D eigenvalue weighted by molar-refractivity contribution is 0.591. The molecule has 0 aliphatic heterocycles. The largest absolute Gasteiger partial charge is 0.454 e. The first kappa shape index (κ1) is 28.5. The van der Waals surface area contributed by atoms with Crippen molar-refractivity contribution in [1.29, 1.82) is 0 Å². The molecule has 1 N–H and O–H groups in total. The van der Waals surface area contributed by atoms with Crippen LogP contribution in [0.15, 0.2) is 120 Å². The number of aromatic amines is 1. The van der Waals surface area contributed by atoms with Gasteiger partial charge in [-0.2, -0.15) is 0 Å². The lowest BCUT2D eigenvalue weighted by Gasteiger charge is -2.21. The van der Waals surface area contributed by atoms with Gasteiger partial charge in [0.15, 0.2) is 5.58 Å². The number of nitrogens with zero attached hydrogens (tertiary/aromatic N) is 3. The molecule has 0 bridgehead atoms. The molecule has 5 nitrogen and oxygen atoms in total. The van der Waals surface area contributed by atoms with E-state index in [1.807, 2.05) is 30.5 Å². The second kappa shape index (κ2) is 10.4. The van der Waals surface area contributed by atoms with Gasteiger partial charge in [0.2, 0.25) is 0 Å². The normalized spacial score (nSPS) is 12.5. The lowest BCUT2D eigenvalue weighted by atomic mass is 9.85. The number of pyridine rings is 1. The van der Waals surface area contributed by atoms with Crippen molar-refractivity contribution in [3.63, 3.8) is 0 Å². The molecule has 0 saturated heterocycles. The Kier molecular flexibility index (Phi) is 6.19. The van der Waals surface area contributed by atoms with Gasteiger partial charge in [0, 0.05) is 56.0 Å². The summed E-state index contributed by atoms with van der Waals surface area (Å²) in [6, 6.07) is 38.8. The topological polar surface area (TPSA) is 59.6 Å². The quantitative estimate of drug-likeness (QED) is 0.212. The fraction of sp³-hybridized carbons (Fsp3) is 0.163. The van der Waals surface area contributed by atoms with E-state index in [1.165, 1.54) is 16.3 Å². The number of para-hydroxylation sites is 3. The number of imidazole rings is 1. The number of benzene rings is 5. The molecule has 4 aromatic heterocycles. The van der Waals surface area contributed by atoms with E-state index < -0.39 is 0 Å². The zero-order chi connectivity index (χ0) is 32.7. The zero-order valence-electron chi connectivity index (χ0n) is 27.8. The van der Waals surface area contributed by atoms with Gasteiger partial charge in [-0.1, -0.05) is 87.5 Å². The first-order valence-electron chi connectivity index (χ1n) is 16.7. The van der Waals surface area contributed by atoms with E-state index in [4.69, 9.17) is 14.4 Å². The van der Waals surface area contributed by atoms with E-state index in [2.05, 4.69) is 129 Å². The van der Waals surface area contributed by atoms with Gasteiger partial charge in [0.1, 0.15) is 17.1 Å². The minimum atomic E-state index is -0.0294. The molecule has 0 atom stereocenters. The highest BCUT2D eigenvalue weighted by molar-refractivity contribution is 6.12. The van der Waals surface area contributed by atoms with Crippen LogP contribution in [0.25, 0.3) is 88.5 Å². The maximum Gasteiger partial charge on any atom is 0.161 e. The monoisotopic (exact) mass is 624 g/mol. The maximum atomic E-state index is 6.36. The van der Waals surface area contributed by atoms with Crippen LogP contribution in [0.3, 0.4) is 0 Å². The first-order chi connectivity index (χ1) is 23.3. The molecule has 48 heavy (non-hydrogen) atoms. The Morgan fingerprint density at radius 3 is 2.31 bits per heavy atom. The summed E-state index contributed by atoms with van der Waals surface area (Å²) in [5.41, 5.74) is 12.4. The summed E-state index contributed by atoms with van der Waals surface area (Å²) in [5.74, 6) is 0.972. The van der Waals surface area contributed by atoms with Crippen molar-refractivity contribution < 1.29 is 4.42 Å². The number of hydrogen-bond donors (Lipinski definition) is 1. The molecule has 234 valence electrons. The van der Waals surface area contributed by atoms with Gasteiger partial charge >= 0.3 is 0 Å². The Morgan fingerprint density at radius 2 is 1.48 bits per heavy atom. The van der Waals surface area contributed by atoms with Gasteiger partial charge < -0.3 is 14.0 Å². The SMILES string of the molecule is CC(C)n1c(-c2cc(C(C)(C)C)cc3c2[nH]c2ccccc23)nc2c(-c3cccc(-c4nccc5c4oc4ccccc45)c3)cccc21. The molecule has 9 aromatic rings. The molecular weight excluding hydrogens is 589 g/mol. The minimum Gasteiger partial charge on any atom is -0.454 e. The van der Waals surface area contributed by atoms with Gasteiger partial charge in [-0.25, -0.2) is 4.98 Å². The van der Waals surface area contributed by atoms with E-state index >= 15 is 0 Å². The molecule has 5 aromatic carbocycles. The van der Waals surface area contributed by atoms with Gasteiger partial charge in [-0.05, 0) is 72.9 Å². The lowest BCUT2D eigenvalue weighted by Crippen LogP contribution is -2.11. The smallest absolute Gasteiger partial charge is 0.161 e. The first-order valence-corrected chi connectivity index (χ1v) is 16.7. The van der Waals surface area contributed by atoms with Crippen LogP contribution in [0, 0.1) is 0 Å². The predicted molar refractivity (Wildman–Crippen MR) is 200 cm³/mol. The van der Waals surface area contributed by atoms with Gasteiger partial charge in [-0.3, -0.25) is 4.98 Å². The number of H-pyrrole nitrogens is 1. The van der Waals surface area contributed by atoms with Crippen molar-refractivity contribution in [3.8, 4) is 33.8 Å². The molecule has 0 amide bonds. The van der Waals surface area contributed by atoms with Crippen molar-refractivity contribution in [2.75, 3.05) is 0 Å². The van der Waals surface area contributed by atoms with Gasteiger partial charge in [-0.15, -0.1) is 0 Å². The van der Waals surface area contributed by atoms with E-state index in [1.54, 1.807) is 0 Å². The van der Waals surface area contributed by atoms with E-state index in [-0.39, 0.29) is 11.5 Å². The molecule has 4 heterocycles. The summed E-state index contributed by atoms with van der Waals surface area (Å²) < 4.78 is 8.75. The van der Waals surface area contributed by atoms with Crippen molar-refractivity contribution in [2.24, 2.45) is 0 Å². The summed E-state index contributed by atoms with van der Waals surface area (Å²) in [6.45, 7) is 11.3. The van der Waals surface area contributed by atoms with Crippen LogP contribution >= 0.6 is 0 Å². The van der Waals surface area contributed by atoms with Crippen LogP contribution in [0.1, 0.15) is 46.2 Å². The third-order valence-corrected chi connectivity index (χ3v) is 9.70. The highest BCUT2D eigenvalue weighted by Gasteiger charge is 2.24. The number of fused-ring (bicyclic) bond motifs is 7. The van der Waals surface area contributed by atoms with Crippen LogP contribution < -0.4 is 0 Å². The summed E-state index contributed by atoms with van der Waals surface area (Å²) in [4.78, 5) is 14.1. The molecule has 0 aliphatic rings. The maximum absolute atomic E-state index is 6.36. The summed E-state index contributed by atoms with van der Waals surface area (Å²) >= 11 is 0. The Morgan fingerprint density at radius 1 is 0.708 bits per heavy atom. The van der Waals surface area contributed by atoms with Crippen molar-refractivity contribution in [3.05, 3.63) is 121 Å². The molecule has 0 aliphatic carbocycles. The molecule has 0 radical (unpaired) electrons. The molecule has 0 fully saturated rings. The van der Waals surface area contributed by atoms with E-state index in [9.17, 15) is 0 Å². The number of rotatable bonds is 4. The summed E-state index contributed by atoms with van der Waals surface area (Å²) in [6.07, 6.45) is 1.88. The molecular formula is C43H36N4O. The van der Waals surface area contributed by atoms with Crippen molar-refractivity contribution in [2.45, 2.75) is 46.1 Å². The summed E-state index contributed by atoms with van der Waals surface area (Å²) in [5, 5.41) is 4.64. The van der Waals surface area contributed by atoms with Crippen LogP contribution in [0.4, 0.5) is 0 Å². The summed E-state index contributed by atoms with van der Waals surface area (Å²) in [7, 11) is 0. The molecule has 5 heteroatoms. The highest BCUT2D eigenvalue weighted by atomic mass is 16.3. The second-order valence-electron chi connectivity index (χ2n) is 14.2. The van der Waals surface area contributed by atoms with Crippen LogP contribution in [-0.2, 0) is 5.41 Å². The number of furan rings is 1. The average molecular weight is 625 g/mol. The van der Waals surface area contributed by atoms with Gasteiger partial charge in [0.25, 0.3) is 0 Å². The third-order valence-electron chi connectivity index (χ3n) is 9.70. The standard InChI is InChI=1S/C43H36N4O/c1-25(2)47-36-18-11-16-29(26-12-10-13-27(22-26)38-41-32(20-21-44-38)31-15-7-9-19-37(31)48-41)40(36)46-42(47)34-24-28(43(3,4)5)23-33-30-14-6-8-17-35(30)45-39(33)34/h6-25,45H,1-5H3. The number of aromatic nitrogens is 4. The highest BCUT2D eigenvalue weighted by Crippen LogP contribution is 2.42. The minimum absolute atomic E-state index is 0.0294. The zero-order valence-corrected chi connectivity index (χ0v) is 27.8. The Balaban J connectivity index is 1.27. The van der Waals surface area contributed by atoms with E-state index in [0.717, 1.165) is 77.8 Å². The fourth-order valence-electron chi connectivity index (χ4n) is 7.31. The van der Waals surface area contributed by atoms with Crippen LogP contribution in [0.2, 0.25) is 0 Å². The molecule has 0 saturated carbocycles. The molecule has 0 unspecified atom stereocenters. The Hall–Kier alpha value is -5.68. The molecule has 0 spiro atoms. The predicted octanol–water partition coefficient (Wildman–Crippen LogP) is 11.8. The van der Waals surface area contributed by atoms with Crippen LogP contribution in [-0.4, -0.2) is 19.5 Å². The van der Waals surface area contributed by atoms with Crippen molar-refractivity contribution in [1.82, 2.24) is 19.5 Å². The fourth-order valence-corrected chi connectivity index (χ4v) is 7.31. The van der Waals surface area contributed by atoms with Crippen molar-refractivity contribution >= 4 is 54.8 Å².